The van der Waals surface area contributed by atoms with Gasteiger partial charge in [0.05, 0.1) is 17.3 Å². The number of benzene rings is 1. The summed E-state index contributed by atoms with van der Waals surface area (Å²) in [6, 6.07) is 6.22. The second kappa shape index (κ2) is 10.6. The maximum atomic E-state index is 14.2. The van der Waals surface area contributed by atoms with Gasteiger partial charge in [-0.05, 0) is 86.9 Å². The van der Waals surface area contributed by atoms with E-state index in [4.69, 9.17) is 5.73 Å². The fraction of sp³-hybridized carbons (Fsp3) is 0.455. The van der Waals surface area contributed by atoms with E-state index in [0.717, 1.165) is 12.8 Å². The number of aryl methyl sites for hydroxylation is 1. The predicted molar refractivity (Wildman–Crippen MR) is 160 cm³/mol. The van der Waals surface area contributed by atoms with Gasteiger partial charge in [0.1, 0.15) is 22.8 Å². The van der Waals surface area contributed by atoms with Gasteiger partial charge in [-0.2, -0.15) is 0 Å². The minimum Gasteiger partial charge on any atom is -0.508 e. The molecule has 0 radical (unpaired) electrons. The molecule has 1 amide bonds. The monoisotopic (exact) mass is 589 g/mol. The first-order chi connectivity index (χ1) is 20.1. The molecule has 1 aromatic heterocycles. The number of aromatic hydroxyl groups is 1. The van der Waals surface area contributed by atoms with Gasteiger partial charge in [-0.25, -0.2) is 0 Å². The number of carbonyl (C=O) groups excluding carboxylic acids is 3. The van der Waals surface area contributed by atoms with E-state index in [1.807, 2.05) is 18.2 Å². The third kappa shape index (κ3) is 4.82. The van der Waals surface area contributed by atoms with Crippen LogP contribution in [0.1, 0.15) is 56.7 Å². The minimum absolute atomic E-state index is 0.0293. The lowest BCUT2D eigenvalue weighted by molar-refractivity contribution is -0.153. The number of nitrogens with two attached hydrogens (primary N) is 1. The highest BCUT2D eigenvalue weighted by Crippen LogP contribution is 2.54. The fourth-order valence-corrected chi connectivity index (χ4v) is 7.12. The molecule has 10 heteroatoms. The van der Waals surface area contributed by atoms with E-state index in [1.54, 1.807) is 26.4 Å². The van der Waals surface area contributed by atoms with Crippen molar-refractivity contribution in [2.75, 3.05) is 14.1 Å². The number of phenols is 1. The minimum atomic E-state index is -2.67. The lowest BCUT2D eigenvalue weighted by Gasteiger charge is -2.50. The van der Waals surface area contributed by atoms with Crippen LogP contribution in [-0.2, 0) is 27.2 Å². The van der Waals surface area contributed by atoms with E-state index >= 15 is 0 Å². The van der Waals surface area contributed by atoms with Crippen LogP contribution in [0.5, 0.6) is 5.75 Å². The molecule has 0 saturated heterocycles. The zero-order valence-corrected chi connectivity index (χ0v) is 25.1. The number of primary amides is 1. The SMILES string of the molecule is CN(C)C1C(=O)C(C(N)=O)=C(O)C2(O)C(=O)C3=C(O)c4c(O)c(CCCC(C)(C)C)cc(-c5ccccn5)c4CC3CC12. The van der Waals surface area contributed by atoms with Gasteiger partial charge in [0.15, 0.2) is 11.4 Å². The van der Waals surface area contributed by atoms with Gasteiger partial charge in [0.25, 0.3) is 5.91 Å². The van der Waals surface area contributed by atoms with Gasteiger partial charge < -0.3 is 26.2 Å². The highest BCUT2D eigenvalue weighted by Gasteiger charge is 2.64. The summed E-state index contributed by atoms with van der Waals surface area (Å²) < 4.78 is 0. The van der Waals surface area contributed by atoms with Crippen LogP contribution in [0.2, 0.25) is 0 Å². The van der Waals surface area contributed by atoms with Crippen molar-refractivity contribution in [3.05, 3.63) is 64.1 Å². The summed E-state index contributed by atoms with van der Waals surface area (Å²) in [6.07, 6.45) is 4.07. The standard InChI is InChI=1S/C33H39N3O7/c1-32(2,3)11-8-9-16-13-18(21-10-6-7-12-35-21)19-14-17-15-20-25(36(4)5)28(39)24(31(34)42)30(41)33(20,43)29(40)22(17)27(38)23(19)26(16)37/h6-7,10,12-13,17,20,25,37-38,41,43H,8-9,11,14-15H2,1-5H3,(H2,34,42). The van der Waals surface area contributed by atoms with Gasteiger partial charge in [0, 0.05) is 23.3 Å². The van der Waals surface area contributed by atoms with E-state index in [-0.39, 0.29) is 35.1 Å². The molecule has 0 spiro atoms. The number of Topliss-reactive ketones (excluding diaryl/α,β-unsaturated/α-hetero) is 2. The molecule has 43 heavy (non-hydrogen) atoms. The Kier molecular flexibility index (Phi) is 7.51. The summed E-state index contributed by atoms with van der Waals surface area (Å²) in [4.78, 5) is 45.8. The van der Waals surface area contributed by atoms with Crippen molar-refractivity contribution in [1.29, 1.82) is 0 Å². The topological polar surface area (TPSA) is 174 Å². The number of likely N-dealkylation sites (N-methyl/N-ethyl adjacent to an activating group) is 1. The Morgan fingerprint density at radius 2 is 1.86 bits per heavy atom. The van der Waals surface area contributed by atoms with E-state index in [1.165, 1.54) is 4.90 Å². The molecular weight excluding hydrogens is 550 g/mol. The van der Waals surface area contributed by atoms with Gasteiger partial charge in [-0.15, -0.1) is 0 Å². The van der Waals surface area contributed by atoms with Crippen LogP contribution < -0.4 is 5.73 Å². The van der Waals surface area contributed by atoms with Gasteiger partial charge >= 0.3 is 0 Å². The number of phenolic OH excluding ortho intramolecular Hbond substituents is 1. The number of ketones is 2. The quantitative estimate of drug-likeness (QED) is 0.316. The number of carbonyl (C=O) groups is 3. The molecule has 3 aliphatic rings. The molecule has 0 bridgehead atoms. The summed E-state index contributed by atoms with van der Waals surface area (Å²) >= 11 is 0. The Bertz CT molecular complexity index is 1590. The Balaban J connectivity index is 1.72. The van der Waals surface area contributed by atoms with Crippen LogP contribution in [0, 0.1) is 17.3 Å². The predicted octanol–water partition coefficient (Wildman–Crippen LogP) is 3.39. The maximum Gasteiger partial charge on any atom is 0.255 e. The number of nitrogens with zero attached hydrogens (tertiary/aromatic N) is 2. The Morgan fingerprint density at radius 1 is 1.16 bits per heavy atom. The first-order valence-electron chi connectivity index (χ1n) is 14.5. The molecule has 1 saturated carbocycles. The first-order valence-corrected chi connectivity index (χ1v) is 14.5. The molecular formula is C33H39N3O7. The fourth-order valence-electron chi connectivity index (χ4n) is 7.12. The Hall–Kier alpha value is -4.02. The van der Waals surface area contributed by atoms with Crippen LogP contribution in [0.4, 0.5) is 0 Å². The molecule has 4 unspecified atom stereocenters. The van der Waals surface area contributed by atoms with Crippen LogP contribution >= 0.6 is 0 Å². The van der Waals surface area contributed by atoms with Crippen molar-refractivity contribution in [2.45, 2.75) is 64.5 Å². The van der Waals surface area contributed by atoms with Crippen molar-refractivity contribution in [3.63, 3.8) is 0 Å². The number of hydrogen-bond donors (Lipinski definition) is 5. The lowest BCUT2D eigenvalue weighted by Crippen LogP contribution is -2.65. The Morgan fingerprint density at radius 3 is 2.44 bits per heavy atom. The van der Waals surface area contributed by atoms with E-state index in [2.05, 4.69) is 25.8 Å². The molecule has 6 N–H and O–H groups in total. The molecule has 10 nitrogen and oxygen atoms in total. The molecule has 3 aliphatic carbocycles. The van der Waals surface area contributed by atoms with Crippen LogP contribution in [0.25, 0.3) is 17.0 Å². The summed E-state index contributed by atoms with van der Waals surface area (Å²) in [7, 11) is 3.15. The van der Waals surface area contributed by atoms with Crippen molar-refractivity contribution in [2.24, 2.45) is 23.0 Å². The number of fused-ring (bicyclic) bond motifs is 3. The normalized spacial score (nSPS) is 25.5. The summed E-state index contributed by atoms with van der Waals surface area (Å²) in [5.41, 5.74) is 4.44. The average Bonchev–Trinajstić information content (AvgIpc) is 2.91. The molecule has 4 atom stereocenters. The van der Waals surface area contributed by atoms with Gasteiger partial charge in [0.2, 0.25) is 5.78 Å². The highest BCUT2D eigenvalue weighted by molar-refractivity contribution is 6.24. The third-order valence-electron chi connectivity index (χ3n) is 9.11. The van der Waals surface area contributed by atoms with Crippen LogP contribution in [0.15, 0.2) is 47.4 Å². The lowest BCUT2D eigenvalue weighted by atomic mass is 9.57. The summed E-state index contributed by atoms with van der Waals surface area (Å²) in [5, 5.41) is 46.2. The number of aliphatic hydroxyl groups is 3. The number of aliphatic hydroxyl groups excluding tert-OH is 2. The molecule has 1 fully saturated rings. The van der Waals surface area contributed by atoms with Crippen molar-refractivity contribution >= 4 is 23.2 Å². The number of aromatic nitrogens is 1. The largest absolute Gasteiger partial charge is 0.508 e. The van der Waals surface area contributed by atoms with Crippen molar-refractivity contribution in [1.82, 2.24) is 9.88 Å². The molecule has 1 aromatic carbocycles. The highest BCUT2D eigenvalue weighted by atomic mass is 16.3. The summed E-state index contributed by atoms with van der Waals surface area (Å²) in [5.74, 6) is -6.60. The zero-order valence-electron chi connectivity index (χ0n) is 25.1. The average molecular weight is 590 g/mol. The van der Waals surface area contributed by atoms with E-state index in [0.29, 0.717) is 28.8 Å². The van der Waals surface area contributed by atoms with E-state index in [9.17, 15) is 34.8 Å². The third-order valence-corrected chi connectivity index (χ3v) is 9.11. The molecule has 1 heterocycles. The molecule has 228 valence electrons. The maximum absolute atomic E-state index is 14.2. The number of rotatable bonds is 6. The second-order valence-corrected chi connectivity index (χ2v) is 13.4. The number of pyridine rings is 1. The first kappa shape index (κ1) is 30.4. The van der Waals surface area contributed by atoms with Crippen molar-refractivity contribution < 1.29 is 34.8 Å². The van der Waals surface area contributed by atoms with Gasteiger partial charge in [-0.1, -0.05) is 26.8 Å². The molecule has 2 aromatic rings. The molecule has 5 rings (SSSR count). The van der Waals surface area contributed by atoms with Crippen molar-refractivity contribution in [3.8, 4) is 17.0 Å². The smallest absolute Gasteiger partial charge is 0.255 e. The second-order valence-electron chi connectivity index (χ2n) is 13.4. The van der Waals surface area contributed by atoms with Crippen LogP contribution in [0.3, 0.4) is 0 Å². The molecule has 0 aliphatic heterocycles. The zero-order chi connectivity index (χ0) is 31.6. The summed E-state index contributed by atoms with van der Waals surface area (Å²) in [6.45, 7) is 6.40. The number of hydrogen-bond acceptors (Lipinski definition) is 9. The van der Waals surface area contributed by atoms with Crippen LogP contribution in [-0.4, -0.2) is 73.5 Å². The number of amides is 1. The van der Waals surface area contributed by atoms with Gasteiger partial charge in [-0.3, -0.25) is 24.3 Å². The van der Waals surface area contributed by atoms with E-state index < -0.39 is 58.0 Å². The Labute approximate surface area is 250 Å².